The first kappa shape index (κ1) is 23.6. The van der Waals surface area contributed by atoms with Gasteiger partial charge in [-0.1, -0.05) is 60.7 Å². The van der Waals surface area contributed by atoms with E-state index in [4.69, 9.17) is 25.4 Å². The second kappa shape index (κ2) is 11.6. The molecule has 0 unspecified atom stereocenters. The number of hydrogen-bond donors (Lipinski definition) is 0. The molecular formula is C42H26N4Se. The average Bonchev–Trinajstić information content (AvgIpc) is 3.63. The molecule has 0 saturated carbocycles. The van der Waals surface area contributed by atoms with Crippen molar-refractivity contribution < 1.29 is 5.48 Å². The third-order valence-electron chi connectivity index (χ3n) is 8.26. The average molecular weight is 670 g/mol. The van der Waals surface area contributed by atoms with Gasteiger partial charge < -0.3 is 0 Å². The van der Waals surface area contributed by atoms with E-state index in [-0.39, 0.29) is 44.5 Å². The first-order valence-corrected chi connectivity index (χ1v) is 16.9. The second-order valence-electron chi connectivity index (χ2n) is 11.2. The Balaban J connectivity index is 1.29. The molecule has 7 aromatic carbocycles. The molecule has 0 aliphatic rings. The number of nitrogens with zero attached hydrogens (tertiary/aromatic N) is 4. The van der Waals surface area contributed by atoms with Crippen molar-refractivity contribution in [2.75, 3.05) is 0 Å². The minimum atomic E-state index is -0.0561. The van der Waals surface area contributed by atoms with Crippen molar-refractivity contribution in [2.24, 2.45) is 0 Å². The summed E-state index contributed by atoms with van der Waals surface area (Å²) in [5.74, 6) is 1.11. The van der Waals surface area contributed by atoms with Gasteiger partial charge in [0.2, 0.25) is 0 Å². The molecule has 0 atom stereocenters. The van der Waals surface area contributed by atoms with Gasteiger partial charge in [0.05, 0.1) is 0 Å². The Kier molecular flexibility index (Phi) is 5.80. The summed E-state index contributed by atoms with van der Waals surface area (Å²) in [5.41, 5.74) is 5.27. The monoisotopic (exact) mass is 670 g/mol. The predicted molar refractivity (Wildman–Crippen MR) is 194 cm³/mol. The SMILES string of the molecule is [2H]c1cc2c(-c3nc(-c4ccccc4)nc(-c4ccccc4)n3)c([2H])c([2H])cc2c(-c2ccc3ccc4nc(-c5ccccc5)[se]c4c3c2)c1[2H]. The van der Waals surface area contributed by atoms with E-state index in [0.29, 0.717) is 33.5 Å². The van der Waals surface area contributed by atoms with Gasteiger partial charge in [0.1, 0.15) is 0 Å². The fraction of sp³-hybridized carbons (Fsp3) is 0. The van der Waals surface area contributed by atoms with Crippen LogP contribution in [-0.2, 0) is 0 Å². The van der Waals surface area contributed by atoms with Crippen molar-refractivity contribution in [1.29, 1.82) is 0 Å². The zero-order valence-corrected chi connectivity index (χ0v) is 26.6. The van der Waals surface area contributed by atoms with E-state index in [2.05, 4.69) is 36.4 Å². The van der Waals surface area contributed by atoms with Crippen LogP contribution in [-0.4, -0.2) is 34.4 Å². The Labute approximate surface area is 283 Å². The van der Waals surface area contributed by atoms with E-state index in [0.717, 1.165) is 43.1 Å². The second-order valence-corrected chi connectivity index (χ2v) is 13.3. The van der Waals surface area contributed by atoms with Crippen LogP contribution in [0.1, 0.15) is 5.48 Å². The van der Waals surface area contributed by atoms with Crippen LogP contribution in [0.5, 0.6) is 0 Å². The summed E-state index contributed by atoms with van der Waals surface area (Å²) >= 11 is -0.0226. The minimum absolute atomic E-state index is 0.00815. The van der Waals surface area contributed by atoms with Crippen molar-refractivity contribution in [3.8, 4) is 55.4 Å². The van der Waals surface area contributed by atoms with Gasteiger partial charge in [0.15, 0.2) is 0 Å². The van der Waals surface area contributed by atoms with Crippen LogP contribution in [0, 0.1) is 0 Å². The molecule has 9 aromatic rings. The fourth-order valence-corrected chi connectivity index (χ4v) is 8.25. The Morgan fingerprint density at radius 3 is 1.66 bits per heavy atom. The Morgan fingerprint density at radius 1 is 0.447 bits per heavy atom. The number of fused-ring (bicyclic) bond motifs is 4. The van der Waals surface area contributed by atoms with Crippen LogP contribution in [0.4, 0.5) is 0 Å². The summed E-state index contributed by atoms with van der Waals surface area (Å²) in [6.07, 6.45) is 0. The molecule has 5 heteroatoms. The molecule has 0 N–H and O–H groups in total. The summed E-state index contributed by atoms with van der Waals surface area (Å²) in [5, 5.41) is 3.26. The van der Waals surface area contributed by atoms with Crippen molar-refractivity contribution in [2.45, 2.75) is 0 Å². The molecule has 47 heavy (non-hydrogen) atoms. The number of rotatable bonds is 5. The molecule has 9 rings (SSSR count). The molecule has 0 spiro atoms. The van der Waals surface area contributed by atoms with E-state index < -0.39 is 0 Å². The molecule has 0 aliphatic heterocycles. The zero-order valence-electron chi connectivity index (χ0n) is 28.9. The maximum atomic E-state index is 9.16. The van der Waals surface area contributed by atoms with E-state index in [9.17, 15) is 0 Å². The molecule has 0 radical (unpaired) electrons. The molecule has 220 valence electrons. The van der Waals surface area contributed by atoms with Crippen molar-refractivity contribution in [1.82, 2.24) is 19.9 Å². The van der Waals surface area contributed by atoms with E-state index in [1.54, 1.807) is 12.1 Å². The van der Waals surface area contributed by atoms with Crippen LogP contribution >= 0.6 is 0 Å². The first-order chi connectivity index (χ1) is 24.9. The first-order valence-electron chi connectivity index (χ1n) is 17.2. The number of aromatic nitrogens is 4. The van der Waals surface area contributed by atoms with Crippen molar-refractivity contribution in [3.63, 3.8) is 0 Å². The van der Waals surface area contributed by atoms with E-state index in [1.165, 1.54) is 4.26 Å². The zero-order chi connectivity index (χ0) is 34.6. The van der Waals surface area contributed by atoms with Crippen LogP contribution in [0.15, 0.2) is 158 Å². The number of hydrogen-bond acceptors (Lipinski definition) is 4. The number of benzene rings is 7. The summed E-state index contributed by atoms with van der Waals surface area (Å²) in [4.78, 5) is 19.5. The van der Waals surface area contributed by atoms with Crippen molar-refractivity contribution in [3.05, 3.63) is 158 Å². The van der Waals surface area contributed by atoms with Crippen molar-refractivity contribution >= 4 is 45.8 Å². The Hall–Kier alpha value is -5.74. The molecule has 2 heterocycles. The van der Waals surface area contributed by atoms with Gasteiger partial charge >= 0.3 is 224 Å². The molecule has 0 amide bonds. The normalized spacial score (nSPS) is 12.6. The summed E-state index contributed by atoms with van der Waals surface area (Å²) in [6.45, 7) is 0. The third-order valence-corrected chi connectivity index (χ3v) is 10.7. The predicted octanol–water partition coefficient (Wildman–Crippen LogP) is 10.1. The summed E-state index contributed by atoms with van der Waals surface area (Å²) in [7, 11) is 0. The Bertz CT molecular complexity index is 2730. The molecule has 2 aromatic heterocycles. The van der Waals surface area contributed by atoms with Crippen LogP contribution < -0.4 is 0 Å². The van der Waals surface area contributed by atoms with Gasteiger partial charge in [-0.3, -0.25) is 0 Å². The molecular weight excluding hydrogens is 639 g/mol. The molecule has 0 saturated heterocycles. The Morgan fingerprint density at radius 2 is 1.00 bits per heavy atom. The standard InChI is InChI=1S/C42H26N4Se/c1-4-12-28(13-5-1)39-44-40(29-14-6-2-7-15-29)46-41(45-39)35-21-11-19-33-32(18-10-20-34(33)35)31-23-22-27-24-25-37-38(36(27)26-31)47-42(43-37)30-16-8-3-9-17-30/h1-26H/i10D,11D,18D,21D. The van der Waals surface area contributed by atoms with Gasteiger partial charge in [0.25, 0.3) is 0 Å². The maximum absolute atomic E-state index is 9.16. The fourth-order valence-electron chi connectivity index (χ4n) is 5.95. The van der Waals surface area contributed by atoms with Gasteiger partial charge in [0, 0.05) is 0 Å². The third kappa shape index (κ3) is 5.03. The van der Waals surface area contributed by atoms with Crippen LogP contribution in [0.3, 0.4) is 0 Å². The van der Waals surface area contributed by atoms with Gasteiger partial charge in [-0.2, -0.15) is 0 Å². The molecule has 0 aliphatic carbocycles. The van der Waals surface area contributed by atoms with Gasteiger partial charge in [-0.25, -0.2) is 0 Å². The molecule has 4 nitrogen and oxygen atoms in total. The van der Waals surface area contributed by atoms with Gasteiger partial charge in [-0.15, -0.1) is 0 Å². The quantitative estimate of drug-likeness (QED) is 0.171. The van der Waals surface area contributed by atoms with E-state index in [1.807, 2.05) is 84.9 Å². The van der Waals surface area contributed by atoms with E-state index >= 15 is 0 Å². The molecule has 0 fully saturated rings. The summed E-state index contributed by atoms with van der Waals surface area (Å²) < 4.78 is 38.5. The summed E-state index contributed by atoms with van der Waals surface area (Å²) in [6, 6.07) is 42.9. The van der Waals surface area contributed by atoms with Crippen LogP contribution in [0.2, 0.25) is 0 Å². The van der Waals surface area contributed by atoms with Gasteiger partial charge in [-0.05, 0) is 0 Å². The topological polar surface area (TPSA) is 51.6 Å². The molecule has 0 bridgehead atoms. The van der Waals surface area contributed by atoms with Crippen LogP contribution in [0.25, 0.3) is 86.7 Å².